The number of carbonyl (C=O) groups is 2. The zero-order valence-corrected chi connectivity index (χ0v) is 13.5. The summed E-state index contributed by atoms with van der Waals surface area (Å²) in [4.78, 5) is 23.4. The van der Waals surface area contributed by atoms with E-state index in [9.17, 15) is 9.59 Å². The molecule has 0 radical (unpaired) electrons. The summed E-state index contributed by atoms with van der Waals surface area (Å²) in [6, 6.07) is 0. The van der Waals surface area contributed by atoms with E-state index in [4.69, 9.17) is 9.47 Å². The predicted molar refractivity (Wildman–Crippen MR) is 80.7 cm³/mol. The number of carbonyl (C=O) groups excluding carboxylic acids is 2. The Balaban J connectivity index is 2.31. The van der Waals surface area contributed by atoms with Gasteiger partial charge in [0.15, 0.2) is 0 Å². The van der Waals surface area contributed by atoms with Crippen LogP contribution in [0.3, 0.4) is 0 Å². The number of alkyl carbamates (subject to hydrolysis) is 1. The van der Waals surface area contributed by atoms with Crippen LogP contribution in [-0.4, -0.2) is 24.9 Å². The quantitative estimate of drug-likeness (QED) is 0.576. The minimum atomic E-state index is -0.781. The second-order valence-electron chi connectivity index (χ2n) is 6.10. The Morgan fingerprint density at radius 3 is 2.38 bits per heavy atom. The molecule has 1 unspecified atom stereocenters. The fourth-order valence-electron chi connectivity index (χ4n) is 2.42. The van der Waals surface area contributed by atoms with Gasteiger partial charge in [0.05, 0.1) is 5.92 Å². The fraction of sp³-hybridized carbons (Fsp3) is 0.875. The van der Waals surface area contributed by atoms with E-state index in [1.165, 1.54) is 32.1 Å². The van der Waals surface area contributed by atoms with Gasteiger partial charge >= 0.3 is 12.1 Å². The Hall–Kier alpha value is -1.26. The van der Waals surface area contributed by atoms with Crippen LogP contribution in [0.15, 0.2) is 0 Å². The van der Waals surface area contributed by atoms with Crippen molar-refractivity contribution in [1.29, 1.82) is 0 Å². The maximum atomic E-state index is 11.8. The van der Waals surface area contributed by atoms with E-state index in [2.05, 4.69) is 5.32 Å². The smallest absolute Gasteiger partial charge is 0.410 e. The molecular weight excluding hydrogens is 270 g/mol. The van der Waals surface area contributed by atoms with Crippen LogP contribution in [0.5, 0.6) is 0 Å². The molecule has 0 aliphatic heterocycles. The monoisotopic (exact) mass is 299 g/mol. The summed E-state index contributed by atoms with van der Waals surface area (Å²) in [7, 11) is 0. The van der Waals surface area contributed by atoms with E-state index in [0.717, 1.165) is 6.42 Å². The molecular formula is C16H29NO4. The lowest BCUT2D eigenvalue weighted by Gasteiger charge is -2.23. The van der Waals surface area contributed by atoms with Crippen molar-refractivity contribution in [2.45, 2.75) is 72.0 Å². The number of nitrogens with one attached hydrogen (secondary N) is 1. The number of ether oxygens (including phenoxy) is 2. The van der Waals surface area contributed by atoms with Gasteiger partial charge in [0.1, 0.15) is 0 Å². The Bertz CT molecular complexity index is 324. The van der Waals surface area contributed by atoms with Crippen LogP contribution in [0, 0.1) is 11.8 Å². The molecule has 1 fully saturated rings. The van der Waals surface area contributed by atoms with Crippen molar-refractivity contribution in [3.63, 3.8) is 0 Å². The summed E-state index contributed by atoms with van der Waals surface area (Å²) in [6.45, 7) is 6.12. The summed E-state index contributed by atoms with van der Waals surface area (Å²) in [5.41, 5.74) is 0. The van der Waals surface area contributed by atoms with Crippen LogP contribution in [0.4, 0.5) is 4.79 Å². The van der Waals surface area contributed by atoms with E-state index in [-0.39, 0.29) is 11.9 Å². The molecule has 122 valence electrons. The molecule has 0 heterocycles. The molecule has 1 aliphatic carbocycles. The Morgan fingerprint density at radius 1 is 1.14 bits per heavy atom. The highest BCUT2D eigenvalue weighted by molar-refractivity contribution is 5.72. The molecule has 0 spiro atoms. The van der Waals surface area contributed by atoms with Gasteiger partial charge in [-0.15, -0.1) is 0 Å². The Labute approximate surface area is 127 Å². The first-order valence-corrected chi connectivity index (χ1v) is 8.17. The Kier molecular flexibility index (Phi) is 8.16. The molecule has 1 N–H and O–H groups in total. The summed E-state index contributed by atoms with van der Waals surface area (Å²) in [6.07, 6.45) is 6.15. The first-order valence-electron chi connectivity index (χ1n) is 8.17. The van der Waals surface area contributed by atoms with Gasteiger partial charge in [-0.2, -0.15) is 0 Å². The van der Waals surface area contributed by atoms with Crippen molar-refractivity contribution in [3.8, 4) is 0 Å². The molecule has 0 saturated heterocycles. The van der Waals surface area contributed by atoms with Crippen LogP contribution < -0.4 is 5.32 Å². The van der Waals surface area contributed by atoms with E-state index in [1.54, 1.807) is 13.8 Å². The normalized spacial score (nSPS) is 17.3. The first-order chi connectivity index (χ1) is 10.0. The van der Waals surface area contributed by atoms with E-state index in [1.807, 2.05) is 6.92 Å². The molecule has 5 nitrogen and oxygen atoms in total. The highest BCUT2D eigenvalue weighted by Crippen LogP contribution is 2.22. The average molecular weight is 299 g/mol. The van der Waals surface area contributed by atoms with Crippen molar-refractivity contribution in [2.24, 2.45) is 11.8 Å². The number of rotatable bonds is 7. The standard InChI is InChI=1S/C16H29NO4/c1-4-8-14(20-15(18)12(2)3)21-16(19)17-11-13-9-6-5-7-10-13/h12-14H,4-11H2,1-3H3,(H,17,19). The zero-order chi connectivity index (χ0) is 15.7. The van der Waals surface area contributed by atoms with E-state index >= 15 is 0 Å². The van der Waals surface area contributed by atoms with Crippen LogP contribution in [-0.2, 0) is 14.3 Å². The average Bonchev–Trinajstić information content (AvgIpc) is 2.46. The SMILES string of the molecule is CCCC(OC(=O)NCC1CCCCC1)OC(=O)C(C)C. The lowest BCUT2D eigenvalue weighted by Crippen LogP contribution is -2.35. The first kappa shape index (κ1) is 17.8. The lowest BCUT2D eigenvalue weighted by atomic mass is 9.89. The molecule has 0 aromatic heterocycles. The molecule has 5 heteroatoms. The number of amides is 1. The van der Waals surface area contributed by atoms with E-state index < -0.39 is 12.4 Å². The van der Waals surface area contributed by atoms with Gasteiger partial charge in [0, 0.05) is 13.0 Å². The molecule has 21 heavy (non-hydrogen) atoms. The van der Waals surface area contributed by atoms with Gasteiger partial charge in [0.25, 0.3) is 0 Å². The molecule has 0 bridgehead atoms. The molecule has 1 rings (SSSR count). The van der Waals surface area contributed by atoms with Gasteiger partial charge in [0.2, 0.25) is 6.29 Å². The van der Waals surface area contributed by atoms with Crippen molar-refractivity contribution in [1.82, 2.24) is 5.32 Å². The predicted octanol–water partition coefficient (Wildman–Crippen LogP) is 3.62. The third kappa shape index (κ3) is 7.34. The van der Waals surface area contributed by atoms with Crippen LogP contribution >= 0.6 is 0 Å². The maximum Gasteiger partial charge on any atom is 0.410 e. The third-order valence-corrected chi connectivity index (χ3v) is 3.74. The highest BCUT2D eigenvalue weighted by atomic mass is 16.7. The number of hydrogen-bond acceptors (Lipinski definition) is 4. The minimum Gasteiger partial charge on any atom is -0.425 e. The minimum absolute atomic E-state index is 0.224. The summed E-state index contributed by atoms with van der Waals surface area (Å²) in [5, 5.41) is 2.79. The molecule has 1 aliphatic rings. The highest BCUT2D eigenvalue weighted by Gasteiger charge is 2.21. The molecule has 0 aromatic carbocycles. The summed E-state index contributed by atoms with van der Waals surface area (Å²) in [5.74, 6) is -0.0130. The van der Waals surface area contributed by atoms with Crippen LogP contribution in [0.2, 0.25) is 0 Å². The molecule has 1 saturated carbocycles. The summed E-state index contributed by atoms with van der Waals surface area (Å²) < 4.78 is 10.4. The van der Waals surface area contributed by atoms with Crippen molar-refractivity contribution in [2.75, 3.05) is 6.54 Å². The van der Waals surface area contributed by atoms with Gasteiger partial charge in [-0.05, 0) is 25.2 Å². The number of esters is 1. The molecule has 1 atom stereocenters. The van der Waals surface area contributed by atoms with Crippen LogP contribution in [0.25, 0.3) is 0 Å². The second-order valence-corrected chi connectivity index (χ2v) is 6.10. The maximum absolute atomic E-state index is 11.8. The Morgan fingerprint density at radius 2 is 1.81 bits per heavy atom. The summed E-state index contributed by atoms with van der Waals surface area (Å²) >= 11 is 0. The van der Waals surface area contributed by atoms with Gasteiger partial charge in [-0.1, -0.05) is 40.0 Å². The van der Waals surface area contributed by atoms with E-state index in [0.29, 0.717) is 18.9 Å². The number of hydrogen-bond donors (Lipinski definition) is 1. The van der Waals surface area contributed by atoms with Gasteiger partial charge < -0.3 is 14.8 Å². The second kappa shape index (κ2) is 9.64. The molecule has 0 aromatic rings. The zero-order valence-electron chi connectivity index (χ0n) is 13.5. The van der Waals surface area contributed by atoms with Gasteiger partial charge in [-0.25, -0.2) is 4.79 Å². The fourth-order valence-corrected chi connectivity index (χ4v) is 2.42. The molecule has 1 amide bonds. The van der Waals surface area contributed by atoms with Crippen molar-refractivity contribution in [3.05, 3.63) is 0 Å². The van der Waals surface area contributed by atoms with Crippen molar-refractivity contribution >= 4 is 12.1 Å². The largest absolute Gasteiger partial charge is 0.425 e. The third-order valence-electron chi connectivity index (χ3n) is 3.74. The topological polar surface area (TPSA) is 64.6 Å². The van der Waals surface area contributed by atoms with Crippen LogP contribution in [0.1, 0.15) is 65.7 Å². The van der Waals surface area contributed by atoms with Crippen molar-refractivity contribution < 1.29 is 19.1 Å². The lowest BCUT2D eigenvalue weighted by molar-refractivity contribution is -0.172. The van der Waals surface area contributed by atoms with Gasteiger partial charge in [-0.3, -0.25) is 4.79 Å².